The smallest absolute Gasteiger partial charge is 0.123 e. The van der Waals surface area contributed by atoms with Gasteiger partial charge in [0.2, 0.25) is 0 Å². The van der Waals surface area contributed by atoms with E-state index in [0.717, 1.165) is 5.75 Å². The van der Waals surface area contributed by atoms with Gasteiger partial charge in [-0.1, -0.05) is 31.5 Å². The third-order valence-corrected chi connectivity index (χ3v) is 4.02. The highest BCUT2D eigenvalue weighted by atomic mass is 16.5. The molecule has 1 aromatic carbocycles. The number of rotatable bonds is 4. The summed E-state index contributed by atoms with van der Waals surface area (Å²) in [5, 5.41) is 3.46. The predicted molar refractivity (Wildman–Crippen MR) is 71.4 cm³/mol. The van der Waals surface area contributed by atoms with Crippen LogP contribution in [0.2, 0.25) is 0 Å². The van der Waals surface area contributed by atoms with Crippen LogP contribution in [0.1, 0.15) is 37.4 Å². The molecule has 0 heterocycles. The molecule has 1 aromatic rings. The normalized spacial score (nSPS) is 23.2. The summed E-state index contributed by atoms with van der Waals surface area (Å²) < 4.78 is 5.49. The van der Waals surface area contributed by atoms with Crippen molar-refractivity contribution in [1.82, 2.24) is 5.32 Å². The second kappa shape index (κ2) is 4.34. The zero-order valence-electron chi connectivity index (χ0n) is 11.5. The highest BCUT2D eigenvalue weighted by Gasteiger charge is 2.50. The van der Waals surface area contributed by atoms with Gasteiger partial charge >= 0.3 is 0 Å². The Labute approximate surface area is 104 Å². The van der Waals surface area contributed by atoms with E-state index in [1.165, 1.54) is 17.5 Å². The van der Waals surface area contributed by atoms with Crippen molar-refractivity contribution in [3.63, 3.8) is 0 Å². The van der Waals surface area contributed by atoms with Crippen molar-refractivity contribution in [2.75, 3.05) is 14.2 Å². The Hall–Kier alpha value is -1.02. The molecule has 17 heavy (non-hydrogen) atoms. The SMILES string of the molecule is CNC(c1cc(C)ccc1OC)C1CC1(C)C. The maximum absolute atomic E-state index is 5.49. The Morgan fingerprint density at radius 1 is 1.41 bits per heavy atom. The van der Waals surface area contributed by atoms with E-state index in [-0.39, 0.29) is 0 Å². The highest BCUT2D eigenvalue weighted by molar-refractivity contribution is 5.40. The van der Waals surface area contributed by atoms with Crippen molar-refractivity contribution in [3.8, 4) is 5.75 Å². The molecular formula is C15H23NO. The summed E-state index contributed by atoms with van der Waals surface area (Å²) in [5.74, 6) is 1.71. The highest BCUT2D eigenvalue weighted by Crippen LogP contribution is 2.58. The topological polar surface area (TPSA) is 21.3 Å². The van der Waals surface area contributed by atoms with Crippen LogP contribution in [-0.4, -0.2) is 14.2 Å². The monoisotopic (exact) mass is 233 g/mol. The van der Waals surface area contributed by atoms with E-state index in [4.69, 9.17) is 4.74 Å². The lowest BCUT2D eigenvalue weighted by molar-refractivity contribution is 0.384. The van der Waals surface area contributed by atoms with Gasteiger partial charge in [-0.2, -0.15) is 0 Å². The minimum atomic E-state index is 0.403. The second-order valence-electron chi connectivity index (χ2n) is 5.81. The number of nitrogens with one attached hydrogen (secondary N) is 1. The van der Waals surface area contributed by atoms with Gasteiger partial charge in [0, 0.05) is 11.6 Å². The lowest BCUT2D eigenvalue weighted by Crippen LogP contribution is -2.21. The van der Waals surface area contributed by atoms with Crippen molar-refractivity contribution in [3.05, 3.63) is 29.3 Å². The van der Waals surface area contributed by atoms with Crippen molar-refractivity contribution in [1.29, 1.82) is 0 Å². The van der Waals surface area contributed by atoms with Crippen molar-refractivity contribution >= 4 is 0 Å². The number of methoxy groups -OCH3 is 1. The van der Waals surface area contributed by atoms with Crippen LogP contribution in [0.3, 0.4) is 0 Å². The molecule has 0 aromatic heterocycles. The van der Waals surface area contributed by atoms with E-state index in [2.05, 4.69) is 44.3 Å². The maximum Gasteiger partial charge on any atom is 0.123 e. The molecule has 94 valence electrons. The fraction of sp³-hybridized carbons (Fsp3) is 0.600. The van der Waals surface area contributed by atoms with Gasteiger partial charge in [0.05, 0.1) is 7.11 Å². The first kappa shape index (κ1) is 12.4. The standard InChI is InChI=1S/C15H23NO/c1-10-6-7-13(17-5)11(8-10)14(16-4)12-9-15(12,2)3/h6-8,12,14,16H,9H2,1-5H3. The number of hydrogen-bond acceptors (Lipinski definition) is 2. The number of aryl methyl sites for hydroxylation is 1. The zero-order chi connectivity index (χ0) is 12.6. The summed E-state index contributed by atoms with van der Waals surface area (Å²) in [6.07, 6.45) is 1.29. The maximum atomic E-state index is 5.49. The Morgan fingerprint density at radius 2 is 2.06 bits per heavy atom. The predicted octanol–water partition coefficient (Wildman–Crippen LogP) is 3.31. The molecule has 2 rings (SSSR count). The van der Waals surface area contributed by atoms with Crippen molar-refractivity contribution < 1.29 is 4.74 Å². The molecule has 0 spiro atoms. The Morgan fingerprint density at radius 3 is 2.53 bits per heavy atom. The van der Waals surface area contributed by atoms with Gasteiger partial charge in [0.1, 0.15) is 5.75 Å². The molecule has 1 aliphatic rings. The molecule has 1 aliphatic carbocycles. The molecule has 1 N–H and O–H groups in total. The van der Waals surface area contributed by atoms with Gasteiger partial charge in [-0.05, 0) is 37.8 Å². The van der Waals surface area contributed by atoms with E-state index < -0.39 is 0 Å². The summed E-state index contributed by atoms with van der Waals surface area (Å²) in [5.41, 5.74) is 3.05. The summed E-state index contributed by atoms with van der Waals surface area (Å²) in [6.45, 7) is 6.81. The summed E-state index contributed by atoms with van der Waals surface area (Å²) in [7, 11) is 3.79. The molecule has 0 radical (unpaired) electrons. The van der Waals surface area contributed by atoms with Crippen LogP contribution in [0.4, 0.5) is 0 Å². The average Bonchev–Trinajstić information content (AvgIpc) is 2.89. The van der Waals surface area contributed by atoms with Crippen molar-refractivity contribution in [2.24, 2.45) is 11.3 Å². The molecule has 1 fully saturated rings. The zero-order valence-corrected chi connectivity index (χ0v) is 11.5. The van der Waals surface area contributed by atoms with Crippen LogP contribution in [0.25, 0.3) is 0 Å². The van der Waals surface area contributed by atoms with Gasteiger partial charge in [0.25, 0.3) is 0 Å². The van der Waals surface area contributed by atoms with Crippen LogP contribution in [0, 0.1) is 18.3 Å². The number of benzene rings is 1. The molecule has 0 bridgehead atoms. The van der Waals surface area contributed by atoms with Crippen LogP contribution >= 0.6 is 0 Å². The third kappa shape index (κ3) is 2.32. The molecule has 1 saturated carbocycles. The molecule has 0 aliphatic heterocycles. The molecular weight excluding hydrogens is 210 g/mol. The van der Waals surface area contributed by atoms with E-state index in [0.29, 0.717) is 17.4 Å². The second-order valence-corrected chi connectivity index (χ2v) is 5.81. The first-order valence-corrected chi connectivity index (χ1v) is 6.31. The van der Waals surface area contributed by atoms with Gasteiger partial charge in [0.15, 0.2) is 0 Å². The fourth-order valence-electron chi connectivity index (χ4n) is 2.75. The van der Waals surface area contributed by atoms with Crippen LogP contribution in [-0.2, 0) is 0 Å². The summed E-state index contributed by atoms with van der Waals surface area (Å²) >= 11 is 0. The minimum Gasteiger partial charge on any atom is -0.496 e. The van der Waals surface area contributed by atoms with Crippen LogP contribution in [0.5, 0.6) is 5.75 Å². The Kier molecular flexibility index (Phi) is 3.17. The molecule has 2 nitrogen and oxygen atoms in total. The third-order valence-electron chi connectivity index (χ3n) is 4.02. The first-order valence-electron chi connectivity index (χ1n) is 6.31. The minimum absolute atomic E-state index is 0.403. The van der Waals surface area contributed by atoms with E-state index in [1.807, 2.05) is 7.05 Å². The van der Waals surface area contributed by atoms with Crippen LogP contribution < -0.4 is 10.1 Å². The largest absolute Gasteiger partial charge is 0.496 e. The van der Waals surface area contributed by atoms with Gasteiger partial charge < -0.3 is 10.1 Å². The van der Waals surface area contributed by atoms with Crippen LogP contribution in [0.15, 0.2) is 18.2 Å². The molecule has 2 atom stereocenters. The summed E-state index contributed by atoms with van der Waals surface area (Å²) in [4.78, 5) is 0. The Bertz CT molecular complexity index is 411. The van der Waals surface area contributed by atoms with E-state index in [1.54, 1.807) is 7.11 Å². The molecule has 0 saturated heterocycles. The fourth-order valence-corrected chi connectivity index (χ4v) is 2.75. The quantitative estimate of drug-likeness (QED) is 0.861. The molecule has 2 unspecified atom stereocenters. The number of ether oxygens (including phenoxy) is 1. The lowest BCUT2D eigenvalue weighted by Gasteiger charge is -2.21. The number of hydrogen-bond donors (Lipinski definition) is 1. The molecule has 2 heteroatoms. The van der Waals surface area contributed by atoms with E-state index >= 15 is 0 Å². The first-order chi connectivity index (χ1) is 7.99. The van der Waals surface area contributed by atoms with Crippen molar-refractivity contribution in [2.45, 2.75) is 33.2 Å². The Balaban J connectivity index is 2.33. The molecule has 0 amide bonds. The van der Waals surface area contributed by atoms with Gasteiger partial charge in [-0.25, -0.2) is 0 Å². The van der Waals surface area contributed by atoms with E-state index in [9.17, 15) is 0 Å². The van der Waals surface area contributed by atoms with Gasteiger partial charge in [-0.3, -0.25) is 0 Å². The lowest BCUT2D eigenvalue weighted by atomic mass is 9.95. The average molecular weight is 233 g/mol. The van der Waals surface area contributed by atoms with Gasteiger partial charge in [-0.15, -0.1) is 0 Å². The summed E-state index contributed by atoms with van der Waals surface area (Å²) in [6, 6.07) is 6.83.